The van der Waals surface area contributed by atoms with Crippen LogP contribution in [-0.4, -0.2) is 67.9 Å². The van der Waals surface area contributed by atoms with Gasteiger partial charge in [-0.3, -0.25) is 14.8 Å². The van der Waals surface area contributed by atoms with Crippen LogP contribution >= 0.6 is 0 Å². The molecule has 10 heteroatoms. The van der Waals surface area contributed by atoms with E-state index in [0.29, 0.717) is 31.9 Å². The van der Waals surface area contributed by atoms with Crippen LogP contribution in [0.15, 0.2) is 29.2 Å². The van der Waals surface area contributed by atoms with E-state index in [-0.39, 0.29) is 23.3 Å². The van der Waals surface area contributed by atoms with Gasteiger partial charge in [-0.2, -0.15) is 0 Å². The molecule has 1 aromatic rings. The van der Waals surface area contributed by atoms with Crippen molar-refractivity contribution in [2.75, 3.05) is 33.3 Å². The number of hydrogen-bond acceptors (Lipinski definition) is 6. The molecule has 2 atom stereocenters. The number of benzene rings is 1. The number of carbonyl (C=O) groups excluding carboxylic acids is 2. The lowest BCUT2D eigenvalue weighted by molar-refractivity contribution is -0.149. The van der Waals surface area contributed by atoms with Crippen LogP contribution in [-0.2, 0) is 19.6 Å². The molecule has 2 N–H and O–H groups in total. The molecule has 0 aliphatic carbocycles. The second kappa shape index (κ2) is 13.8. The number of hydroxylamine groups is 1. The molecule has 2 rings (SSSR count). The summed E-state index contributed by atoms with van der Waals surface area (Å²) < 4.78 is 33.4. The van der Waals surface area contributed by atoms with E-state index in [1.54, 1.807) is 22.5 Å². The molecule has 1 aromatic carbocycles. The van der Waals surface area contributed by atoms with Crippen molar-refractivity contribution >= 4 is 21.8 Å². The predicted octanol–water partition coefficient (Wildman–Crippen LogP) is 3.28. The summed E-state index contributed by atoms with van der Waals surface area (Å²) in [4.78, 5) is 27.8. The van der Waals surface area contributed by atoms with E-state index in [4.69, 9.17) is 4.74 Å². The summed E-state index contributed by atoms with van der Waals surface area (Å²) >= 11 is 0. The van der Waals surface area contributed by atoms with Gasteiger partial charge in [0.25, 0.3) is 5.91 Å². The number of ether oxygens (including phenoxy) is 1. The van der Waals surface area contributed by atoms with Crippen molar-refractivity contribution in [1.82, 2.24) is 14.7 Å². The van der Waals surface area contributed by atoms with Crippen molar-refractivity contribution in [3.8, 4) is 5.75 Å². The van der Waals surface area contributed by atoms with Gasteiger partial charge in [0.15, 0.2) is 0 Å². The van der Waals surface area contributed by atoms with Gasteiger partial charge in [0.05, 0.1) is 11.5 Å². The van der Waals surface area contributed by atoms with Crippen molar-refractivity contribution in [2.45, 2.75) is 64.2 Å². The molecule has 2 amide bonds. The van der Waals surface area contributed by atoms with Gasteiger partial charge in [0.1, 0.15) is 11.7 Å². The summed E-state index contributed by atoms with van der Waals surface area (Å²) in [5, 5.41) is 9.40. The van der Waals surface area contributed by atoms with Crippen LogP contribution in [0.2, 0.25) is 0 Å². The van der Waals surface area contributed by atoms with E-state index < -0.39 is 27.8 Å². The largest absolute Gasteiger partial charge is 0.494 e. The van der Waals surface area contributed by atoms with Gasteiger partial charge in [-0.1, -0.05) is 27.2 Å². The molecule has 9 nitrogen and oxygen atoms in total. The third-order valence-corrected chi connectivity index (χ3v) is 8.20. The first-order valence-corrected chi connectivity index (χ1v) is 14.0. The number of nitrogens with one attached hydrogen (secondary N) is 1. The molecule has 0 spiro atoms. The molecule has 1 heterocycles. The molecule has 0 saturated carbocycles. The van der Waals surface area contributed by atoms with Crippen molar-refractivity contribution in [1.29, 1.82) is 0 Å². The molecular weight excluding hydrogens is 470 g/mol. The smallest absolute Gasteiger partial charge is 0.256 e. The lowest BCUT2D eigenvalue weighted by Crippen LogP contribution is -2.50. The van der Waals surface area contributed by atoms with Gasteiger partial charge in [-0.25, -0.2) is 18.2 Å². The van der Waals surface area contributed by atoms with Gasteiger partial charge in [0, 0.05) is 26.7 Å². The van der Waals surface area contributed by atoms with Crippen LogP contribution in [0.4, 0.5) is 0 Å². The first-order valence-electron chi connectivity index (χ1n) is 12.5. The second-order valence-electron chi connectivity index (χ2n) is 9.69. The summed E-state index contributed by atoms with van der Waals surface area (Å²) in [6, 6.07) is 6.26. The van der Waals surface area contributed by atoms with Crippen molar-refractivity contribution in [2.24, 2.45) is 17.8 Å². The van der Waals surface area contributed by atoms with Crippen LogP contribution in [0.5, 0.6) is 5.75 Å². The van der Waals surface area contributed by atoms with E-state index in [0.717, 1.165) is 32.1 Å². The van der Waals surface area contributed by atoms with Crippen LogP contribution in [0.25, 0.3) is 0 Å². The van der Waals surface area contributed by atoms with Gasteiger partial charge >= 0.3 is 0 Å². The Morgan fingerprint density at radius 2 is 1.77 bits per heavy atom. The normalized spacial score (nSPS) is 16.3. The van der Waals surface area contributed by atoms with E-state index in [1.807, 2.05) is 13.8 Å². The van der Waals surface area contributed by atoms with Gasteiger partial charge in [0.2, 0.25) is 15.9 Å². The van der Waals surface area contributed by atoms with Gasteiger partial charge in [-0.05, 0) is 68.2 Å². The standard InChI is InChI=1S/C25H41N3O6S/c1-5-6-16-34-21-10-12-22(13-11-21)35(32,33)27(4)18-20(17-19(2)3)23(24(29)26-31)25(30)28-14-8-7-9-15-28/h10-13,19-20,23,31H,5-9,14-18H2,1-4H3,(H,26,29)/t20-,23+/m0/s1. The number of sulfonamides is 1. The molecule has 35 heavy (non-hydrogen) atoms. The lowest BCUT2D eigenvalue weighted by Gasteiger charge is -2.34. The molecule has 1 aliphatic rings. The zero-order valence-corrected chi connectivity index (χ0v) is 22.2. The third-order valence-electron chi connectivity index (χ3n) is 6.36. The molecule has 198 valence electrons. The minimum Gasteiger partial charge on any atom is -0.494 e. The average Bonchev–Trinajstić information content (AvgIpc) is 2.84. The number of amides is 2. The Hall–Kier alpha value is -2.17. The summed E-state index contributed by atoms with van der Waals surface area (Å²) in [7, 11) is -2.42. The number of likely N-dealkylation sites (tertiary alicyclic amines) is 1. The number of rotatable bonds is 13. The first kappa shape index (κ1) is 29.1. The van der Waals surface area contributed by atoms with Crippen LogP contribution in [0.3, 0.4) is 0 Å². The third kappa shape index (κ3) is 8.18. The Morgan fingerprint density at radius 3 is 2.31 bits per heavy atom. The van der Waals surface area contributed by atoms with Crippen molar-refractivity contribution in [3.05, 3.63) is 24.3 Å². The maximum Gasteiger partial charge on any atom is 0.256 e. The summed E-state index contributed by atoms with van der Waals surface area (Å²) in [6.45, 7) is 7.63. The second-order valence-corrected chi connectivity index (χ2v) is 11.7. The molecule has 0 unspecified atom stereocenters. The number of piperidine rings is 1. The molecule has 1 saturated heterocycles. The Bertz CT molecular complexity index is 914. The van der Waals surface area contributed by atoms with Crippen LogP contribution in [0.1, 0.15) is 59.3 Å². The van der Waals surface area contributed by atoms with Crippen LogP contribution < -0.4 is 10.2 Å². The highest BCUT2D eigenvalue weighted by Gasteiger charge is 2.40. The Labute approximate surface area is 209 Å². The zero-order valence-electron chi connectivity index (χ0n) is 21.4. The van der Waals surface area contributed by atoms with E-state index in [2.05, 4.69) is 6.92 Å². The maximum absolute atomic E-state index is 13.3. The fourth-order valence-electron chi connectivity index (χ4n) is 4.48. The number of hydrogen-bond donors (Lipinski definition) is 2. The first-order chi connectivity index (χ1) is 16.6. The summed E-state index contributed by atoms with van der Waals surface area (Å²) in [5.74, 6) is -2.23. The molecule has 1 aliphatic heterocycles. The molecule has 1 fully saturated rings. The quantitative estimate of drug-likeness (QED) is 0.182. The molecular formula is C25H41N3O6S. The van der Waals surface area contributed by atoms with E-state index in [1.165, 1.54) is 23.5 Å². The fraction of sp³-hybridized carbons (Fsp3) is 0.680. The SMILES string of the molecule is CCCCOc1ccc(S(=O)(=O)N(C)C[C@H](CC(C)C)[C@H](C(=O)NO)C(=O)N2CCCCC2)cc1. The maximum atomic E-state index is 13.3. The summed E-state index contributed by atoms with van der Waals surface area (Å²) in [6.07, 6.45) is 5.12. The number of nitrogens with zero attached hydrogens (tertiary/aromatic N) is 2. The topological polar surface area (TPSA) is 116 Å². The predicted molar refractivity (Wildman–Crippen MR) is 133 cm³/mol. The minimum atomic E-state index is -3.87. The van der Waals surface area contributed by atoms with Crippen molar-refractivity contribution in [3.63, 3.8) is 0 Å². The highest BCUT2D eigenvalue weighted by atomic mass is 32.2. The molecule has 0 bridgehead atoms. The lowest BCUT2D eigenvalue weighted by atomic mass is 9.83. The highest BCUT2D eigenvalue weighted by molar-refractivity contribution is 7.89. The van der Waals surface area contributed by atoms with E-state index >= 15 is 0 Å². The Morgan fingerprint density at radius 1 is 1.14 bits per heavy atom. The minimum absolute atomic E-state index is 0.0348. The Balaban J connectivity index is 2.25. The monoisotopic (exact) mass is 511 g/mol. The van der Waals surface area contributed by atoms with Crippen molar-refractivity contribution < 1.29 is 28.0 Å². The fourth-order valence-corrected chi connectivity index (χ4v) is 5.71. The van der Waals surface area contributed by atoms with Gasteiger partial charge < -0.3 is 9.64 Å². The number of carbonyl (C=O) groups is 2. The average molecular weight is 512 g/mol. The zero-order chi connectivity index (χ0) is 26.0. The Kier molecular flexibility index (Phi) is 11.5. The highest BCUT2D eigenvalue weighted by Crippen LogP contribution is 2.28. The van der Waals surface area contributed by atoms with Crippen LogP contribution in [0, 0.1) is 17.8 Å². The summed E-state index contributed by atoms with van der Waals surface area (Å²) in [5.41, 5.74) is 1.64. The molecule has 0 radical (unpaired) electrons. The molecule has 0 aromatic heterocycles. The number of unbranched alkanes of at least 4 members (excludes halogenated alkanes) is 1. The van der Waals surface area contributed by atoms with E-state index in [9.17, 15) is 23.2 Å². The van der Waals surface area contributed by atoms with Gasteiger partial charge in [-0.15, -0.1) is 0 Å².